The molecule has 0 bridgehead atoms. The molecule has 1 N–H and O–H groups in total. The summed E-state index contributed by atoms with van der Waals surface area (Å²) in [5, 5.41) is 9.42. The molecule has 80 valence electrons. The third kappa shape index (κ3) is 2.29. The number of fused-ring (bicyclic) bond motifs is 1. The number of carboxylic acids is 1. The molecule has 1 unspecified atom stereocenters. The molecule has 1 aromatic rings. The highest BCUT2D eigenvalue weighted by atomic mass is 35.5. The van der Waals surface area contributed by atoms with Crippen molar-refractivity contribution in [2.45, 2.75) is 23.7 Å². The van der Waals surface area contributed by atoms with Crippen LogP contribution in [0.4, 0.5) is 0 Å². The van der Waals surface area contributed by atoms with Gasteiger partial charge in [-0.15, -0.1) is 11.8 Å². The highest BCUT2D eigenvalue weighted by Crippen LogP contribution is 2.44. The minimum atomic E-state index is -0.736. The predicted molar refractivity (Wildman–Crippen MR) is 61.8 cm³/mol. The molecule has 1 aliphatic heterocycles. The van der Waals surface area contributed by atoms with Gasteiger partial charge in [-0.25, -0.2) is 0 Å². The molecule has 2 rings (SSSR count). The van der Waals surface area contributed by atoms with Gasteiger partial charge in [-0.2, -0.15) is 0 Å². The van der Waals surface area contributed by atoms with E-state index in [4.69, 9.17) is 16.7 Å². The molecule has 1 aliphatic rings. The summed E-state index contributed by atoms with van der Waals surface area (Å²) in [5.41, 5.74) is 1.14. The summed E-state index contributed by atoms with van der Waals surface area (Å²) in [7, 11) is 0. The average Bonchev–Trinajstić information content (AvgIpc) is 2.59. The molecule has 0 saturated heterocycles. The Balaban J connectivity index is 2.17. The van der Waals surface area contributed by atoms with Gasteiger partial charge in [0, 0.05) is 22.1 Å². The topological polar surface area (TPSA) is 37.3 Å². The normalized spacial score (nSPS) is 18.9. The van der Waals surface area contributed by atoms with E-state index in [2.05, 4.69) is 0 Å². The lowest BCUT2D eigenvalue weighted by atomic mass is 9.96. The van der Waals surface area contributed by atoms with E-state index < -0.39 is 5.97 Å². The summed E-state index contributed by atoms with van der Waals surface area (Å²) >= 11 is 7.88. The third-order valence-corrected chi connectivity index (χ3v) is 4.13. The van der Waals surface area contributed by atoms with Crippen LogP contribution in [0.3, 0.4) is 0 Å². The number of rotatable bonds is 3. The van der Waals surface area contributed by atoms with Gasteiger partial charge in [-0.05, 0) is 30.0 Å². The van der Waals surface area contributed by atoms with Crippen molar-refractivity contribution in [3.8, 4) is 0 Å². The quantitative estimate of drug-likeness (QED) is 0.883. The van der Waals surface area contributed by atoms with Gasteiger partial charge < -0.3 is 5.11 Å². The summed E-state index contributed by atoms with van der Waals surface area (Å²) < 4.78 is 0. The van der Waals surface area contributed by atoms with E-state index in [1.807, 2.05) is 18.2 Å². The second-order valence-electron chi connectivity index (χ2n) is 3.59. The number of halogens is 1. The van der Waals surface area contributed by atoms with Gasteiger partial charge in [0.15, 0.2) is 0 Å². The van der Waals surface area contributed by atoms with Crippen LogP contribution in [0, 0.1) is 0 Å². The molecule has 1 atom stereocenters. The molecule has 1 aromatic carbocycles. The van der Waals surface area contributed by atoms with E-state index >= 15 is 0 Å². The van der Waals surface area contributed by atoms with Crippen molar-refractivity contribution in [1.29, 1.82) is 0 Å². The number of aliphatic carboxylic acids is 1. The Morgan fingerprint density at radius 2 is 2.40 bits per heavy atom. The van der Waals surface area contributed by atoms with Gasteiger partial charge >= 0.3 is 5.97 Å². The SMILES string of the molecule is O=C(O)CCC1CSc2cccc(Cl)c21. The largest absolute Gasteiger partial charge is 0.481 e. The molecular formula is C11H11ClO2S. The summed E-state index contributed by atoms with van der Waals surface area (Å²) in [4.78, 5) is 11.7. The highest BCUT2D eigenvalue weighted by Gasteiger charge is 2.25. The van der Waals surface area contributed by atoms with E-state index in [0.717, 1.165) is 16.3 Å². The zero-order valence-corrected chi connectivity index (χ0v) is 9.64. The molecule has 0 aliphatic carbocycles. The fraction of sp³-hybridized carbons (Fsp3) is 0.364. The number of thioether (sulfide) groups is 1. The molecule has 0 amide bonds. The summed E-state index contributed by atoms with van der Waals surface area (Å²) in [6.45, 7) is 0. The Labute approximate surface area is 97.6 Å². The van der Waals surface area contributed by atoms with Crippen LogP contribution in [-0.2, 0) is 4.79 Å². The lowest BCUT2D eigenvalue weighted by molar-refractivity contribution is -0.137. The van der Waals surface area contributed by atoms with E-state index in [-0.39, 0.29) is 6.42 Å². The number of carboxylic acid groups (broad SMARTS) is 1. The molecule has 0 fully saturated rings. The Kier molecular flexibility index (Phi) is 3.22. The number of benzene rings is 1. The monoisotopic (exact) mass is 242 g/mol. The number of hydrogen-bond donors (Lipinski definition) is 1. The Hall–Kier alpha value is -0.670. The molecule has 0 aromatic heterocycles. The molecule has 0 radical (unpaired) electrons. The lowest BCUT2D eigenvalue weighted by Gasteiger charge is -2.10. The van der Waals surface area contributed by atoms with Crippen molar-refractivity contribution in [2.24, 2.45) is 0 Å². The standard InChI is InChI=1S/C11H11ClO2S/c12-8-2-1-3-9-11(8)7(6-15-9)4-5-10(13)14/h1-3,7H,4-6H2,(H,13,14). The van der Waals surface area contributed by atoms with Crippen molar-refractivity contribution in [3.63, 3.8) is 0 Å². The van der Waals surface area contributed by atoms with Crippen LogP contribution in [0.1, 0.15) is 24.3 Å². The summed E-state index contributed by atoms with van der Waals surface area (Å²) in [5.74, 6) is 0.516. The van der Waals surface area contributed by atoms with Crippen LogP contribution in [0.15, 0.2) is 23.1 Å². The average molecular weight is 243 g/mol. The molecular weight excluding hydrogens is 232 g/mol. The molecule has 15 heavy (non-hydrogen) atoms. The number of carbonyl (C=O) groups is 1. The second-order valence-corrected chi connectivity index (χ2v) is 5.06. The first-order chi connectivity index (χ1) is 7.18. The molecule has 4 heteroatoms. The van der Waals surface area contributed by atoms with Crippen LogP contribution in [0.2, 0.25) is 5.02 Å². The summed E-state index contributed by atoms with van der Waals surface area (Å²) in [6, 6.07) is 5.86. The van der Waals surface area contributed by atoms with Gasteiger partial charge in [0.05, 0.1) is 0 Å². The van der Waals surface area contributed by atoms with Crippen LogP contribution < -0.4 is 0 Å². The molecule has 0 spiro atoms. The molecule has 2 nitrogen and oxygen atoms in total. The maximum absolute atomic E-state index is 10.5. The van der Waals surface area contributed by atoms with Crippen LogP contribution in [-0.4, -0.2) is 16.8 Å². The zero-order valence-electron chi connectivity index (χ0n) is 8.07. The van der Waals surface area contributed by atoms with Gasteiger partial charge in [0.25, 0.3) is 0 Å². The van der Waals surface area contributed by atoms with E-state index in [1.54, 1.807) is 11.8 Å². The second kappa shape index (κ2) is 4.45. The minimum Gasteiger partial charge on any atom is -0.481 e. The summed E-state index contributed by atoms with van der Waals surface area (Å²) in [6.07, 6.45) is 0.898. The minimum absolute atomic E-state index is 0.218. The van der Waals surface area contributed by atoms with Crippen molar-refractivity contribution in [1.82, 2.24) is 0 Å². The molecule has 0 saturated carbocycles. The Bertz CT molecular complexity index is 392. The maximum atomic E-state index is 10.5. The first kappa shape index (κ1) is 10.8. The van der Waals surface area contributed by atoms with Crippen molar-refractivity contribution in [2.75, 3.05) is 5.75 Å². The Morgan fingerprint density at radius 1 is 1.60 bits per heavy atom. The first-order valence-electron chi connectivity index (χ1n) is 4.81. The van der Waals surface area contributed by atoms with Crippen LogP contribution in [0.25, 0.3) is 0 Å². The smallest absolute Gasteiger partial charge is 0.303 e. The van der Waals surface area contributed by atoms with Crippen molar-refractivity contribution in [3.05, 3.63) is 28.8 Å². The van der Waals surface area contributed by atoms with E-state index in [0.29, 0.717) is 12.3 Å². The van der Waals surface area contributed by atoms with Crippen LogP contribution >= 0.6 is 23.4 Å². The maximum Gasteiger partial charge on any atom is 0.303 e. The van der Waals surface area contributed by atoms with Gasteiger partial charge in [-0.3, -0.25) is 4.79 Å². The predicted octanol–water partition coefficient (Wildman–Crippen LogP) is 3.39. The van der Waals surface area contributed by atoms with Crippen LogP contribution in [0.5, 0.6) is 0 Å². The van der Waals surface area contributed by atoms with Crippen molar-refractivity contribution < 1.29 is 9.90 Å². The fourth-order valence-electron chi connectivity index (χ4n) is 1.84. The van der Waals surface area contributed by atoms with Crippen molar-refractivity contribution >= 4 is 29.3 Å². The third-order valence-electron chi connectivity index (χ3n) is 2.57. The highest BCUT2D eigenvalue weighted by molar-refractivity contribution is 7.99. The van der Waals surface area contributed by atoms with E-state index in [9.17, 15) is 4.79 Å². The van der Waals surface area contributed by atoms with Gasteiger partial charge in [0.1, 0.15) is 0 Å². The van der Waals surface area contributed by atoms with E-state index in [1.165, 1.54) is 4.90 Å². The first-order valence-corrected chi connectivity index (χ1v) is 6.18. The van der Waals surface area contributed by atoms with Gasteiger partial charge in [-0.1, -0.05) is 17.7 Å². The van der Waals surface area contributed by atoms with Gasteiger partial charge in [0.2, 0.25) is 0 Å². The Morgan fingerprint density at radius 3 is 3.13 bits per heavy atom. The zero-order chi connectivity index (χ0) is 10.8. The number of hydrogen-bond acceptors (Lipinski definition) is 2. The fourth-order valence-corrected chi connectivity index (χ4v) is 3.54. The molecule has 1 heterocycles. The lowest BCUT2D eigenvalue weighted by Crippen LogP contribution is -2.02.